The molecule has 4 rings (SSSR count). The number of rotatable bonds is 3. The van der Waals surface area contributed by atoms with Gasteiger partial charge in [0.25, 0.3) is 0 Å². The SMILES string of the molecule is CS(C)=O.Nc1cc(N2CCOCC2CF)nc(-c2ccnc3[nH]ccc23)n1. The van der Waals surface area contributed by atoms with Crippen LogP contribution in [0.15, 0.2) is 30.6 Å². The summed E-state index contributed by atoms with van der Waals surface area (Å²) in [5, 5.41) is 0.915. The van der Waals surface area contributed by atoms with Gasteiger partial charge in [-0.1, -0.05) is 0 Å². The van der Waals surface area contributed by atoms with Crippen molar-refractivity contribution in [3.05, 3.63) is 30.6 Å². The lowest BCUT2D eigenvalue weighted by Crippen LogP contribution is -2.47. The Kier molecular flexibility index (Phi) is 6.53. The van der Waals surface area contributed by atoms with Crippen molar-refractivity contribution in [3.63, 3.8) is 0 Å². The Morgan fingerprint density at radius 1 is 1.39 bits per heavy atom. The van der Waals surface area contributed by atoms with E-state index >= 15 is 0 Å². The molecule has 10 heteroatoms. The Morgan fingerprint density at radius 2 is 2.18 bits per heavy atom. The lowest BCUT2D eigenvalue weighted by Gasteiger charge is -2.35. The third-order valence-corrected chi connectivity index (χ3v) is 4.13. The molecule has 3 N–H and O–H groups in total. The molecule has 0 aromatic carbocycles. The summed E-state index contributed by atoms with van der Waals surface area (Å²) in [7, 11) is -0.611. The van der Waals surface area contributed by atoms with Gasteiger partial charge in [-0.2, -0.15) is 0 Å². The van der Waals surface area contributed by atoms with Gasteiger partial charge in [0.1, 0.15) is 24.0 Å². The Hall–Kier alpha value is -2.59. The molecule has 150 valence electrons. The molecule has 3 aromatic heterocycles. The Labute approximate surface area is 164 Å². The predicted octanol–water partition coefficient (Wildman–Crippen LogP) is 1.77. The third kappa shape index (κ3) is 4.63. The van der Waals surface area contributed by atoms with Crippen LogP contribution in [0.2, 0.25) is 0 Å². The number of aromatic nitrogens is 4. The maximum atomic E-state index is 13.3. The number of halogens is 1. The van der Waals surface area contributed by atoms with E-state index in [1.54, 1.807) is 24.8 Å². The van der Waals surface area contributed by atoms with Gasteiger partial charge in [0.15, 0.2) is 5.82 Å². The second-order valence-corrected chi connectivity index (χ2v) is 7.87. The van der Waals surface area contributed by atoms with E-state index in [4.69, 9.17) is 10.5 Å². The summed E-state index contributed by atoms with van der Waals surface area (Å²) in [5.41, 5.74) is 7.57. The summed E-state index contributed by atoms with van der Waals surface area (Å²) in [4.78, 5) is 18.2. The number of nitrogens with one attached hydrogen (secondary N) is 1. The van der Waals surface area contributed by atoms with Gasteiger partial charge in [-0.15, -0.1) is 0 Å². The smallest absolute Gasteiger partial charge is 0.164 e. The second-order valence-electron chi connectivity index (χ2n) is 6.39. The van der Waals surface area contributed by atoms with E-state index in [-0.39, 0.29) is 6.04 Å². The molecular formula is C18H23FN6O2S. The van der Waals surface area contributed by atoms with Crippen LogP contribution < -0.4 is 10.6 Å². The molecule has 1 saturated heterocycles. The molecule has 1 fully saturated rings. The van der Waals surface area contributed by atoms with Crippen molar-refractivity contribution in [2.45, 2.75) is 6.04 Å². The number of nitrogen functional groups attached to an aromatic ring is 1. The average molecular weight is 406 g/mol. The van der Waals surface area contributed by atoms with E-state index in [0.717, 1.165) is 16.6 Å². The van der Waals surface area contributed by atoms with E-state index in [2.05, 4.69) is 19.9 Å². The number of hydrogen-bond acceptors (Lipinski definition) is 7. The fraction of sp³-hybridized carbons (Fsp3) is 0.389. The van der Waals surface area contributed by atoms with Gasteiger partial charge in [0, 0.05) is 59.3 Å². The number of alkyl halides is 1. The van der Waals surface area contributed by atoms with Crippen LogP contribution in [0.5, 0.6) is 0 Å². The molecule has 28 heavy (non-hydrogen) atoms. The van der Waals surface area contributed by atoms with Gasteiger partial charge in [-0.25, -0.2) is 19.3 Å². The Morgan fingerprint density at radius 3 is 2.93 bits per heavy atom. The minimum atomic E-state index is -0.611. The summed E-state index contributed by atoms with van der Waals surface area (Å²) in [6.45, 7) is 0.942. The highest BCUT2D eigenvalue weighted by Gasteiger charge is 2.25. The fourth-order valence-corrected chi connectivity index (χ4v) is 2.96. The molecule has 0 spiro atoms. The zero-order chi connectivity index (χ0) is 20.1. The van der Waals surface area contributed by atoms with Crippen LogP contribution in [0, 0.1) is 0 Å². The normalized spacial score (nSPS) is 16.9. The number of morpholine rings is 1. The van der Waals surface area contributed by atoms with Crippen molar-refractivity contribution < 1.29 is 13.3 Å². The molecule has 4 heterocycles. The number of fused-ring (bicyclic) bond motifs is 1. The third-order valence-electron chi connectivity index (χ3n) is 4.13. The molecule has 0 bridgehead atoms. The maximum absolute atomic E-state index is 13.3. The molecule has 1 unspecified atom stereocenters. The van der Waals surface area contributed by atoms with Crippen molar-refractivity contribution in [3.8, 4) is 11.4 Å². The van der Waals surface area contributed by atoms with Crippen LogP contribution in [0.25, 0.3) is 22.4 Å². The first-order valence-corrected chi connectivity index (χ1v) is 10.7. The van der Waals surface area contributed by atoms with Crippen LogP contribution >= 0.6 is 0 Å². The number of H-pyrrole nitrogens is 1. The molecule has 1 aliphatic heterocycles. The van der Waals surface area contributed by atoms with E-state index in [0.29, 0.717) is 37.2 Å². The Balaban J connectivity index is 0.000000516. The first-order valence-electron chi connectivity index (χ1n) is 8.72. The van der Waals surface area contributed by atoms with Crippen LogP contribution in [-0.2, 0) is 15.5 Å². The van der Waals surface area contributed by atoms with Crippen molar-refractivity contribution in [1.29, 1.82) is 0 Å². The largest absolute Gasteiger partial charge is 0.384 e. The van der Waals surface area contributed by atoms with Gasteiger partial charge >= 0.3 is 0 Å². The minimum absolute atomic E-state index is 0.340. The van der Waals surface area contributed by atoms with E-state index in [1.165, 1.54) is 0 Å². The van der Waals surface area contributed by atoms with Crippen LogP contribution in [0.3, 0.4) is 0 Å². The molecule has 0 saturated carbocycles. The van der Waals surface area contributed by atoms with Crippen LogP contribution in [0.4, 0.5) is 16.0 Å². The fourth-order valence-electron chi connectivity index (χ4n) is 2.96. The predicted molar refractivity (Wildman–Crippen MR) is 109 cm³/mol. The lowest BCUT2D eigenvalue weighted by molar-refractivity contribution is 0.0856. The molecule has 8 nitrogen and oxygen atoms in total. The first-order chi connectivity index (χ1) is 13.5. The molecule has 3 aromatic rings. The number of anilines is 2. The molecule has 0 aliphatic carbocycles. The quantitative estimate of drug-likeness (QED) is 0.682. The zero-order valence-corrected chi connectivity index (χ0v) is 16.6. The Bertz CT molecular complexity index is 962. The average Bonchev–Trinajstić information content (AvgIpc) is 3.16. The summed E-state index contributed by atoms with van der Waals surface area (Å²) in [6.07, 6.45) is 6.79. The highest BCUT2D eigenvalue weighted by atomic mass is 32.2. The number of pyridine rings is 1. The number of nitrogens with two attached hydrogens (primary N) is 1. The summed E-state index contributed by atoms with van der Waals surface area (Å²) < 4.78 is 28.2. The van der Waals surface area contributed by atoms with Gasteiger partial charge < -0.3 is 20.4 Å². The highest BCUT2D eigenvalue weighted by molar-refractivity contribution is 7.83. The molecule has 0 amide bonds. The molecule has 1 aliphatic rings. The van der Waals surface area contributed by atoms with Crippen molar-refractivity contribution in [2.24, 2.45) is 0 Å². The highest BCUT2D eigenvalue weighted by Crippen LogP contribution is 2.28. The van der Waals surface area contributed by atoms with Gasteiger partial charge in [0.05, 0.1) is 19.3 Å². The number of aromatic amines is 1. The summed E-state index contributed by atoms with van der Waals surface area (Å²) in [6, 6.07) is 5.09. The molecule has 1 atom stereocenters. The number of hydrogen-bond donors (Lipinski definition) is 2. The van der Waals surface area contributed by atoms with E-state index < -0.39 is 17.5 Å². The monoisotopic (exact) mass is 406 g/mol. The van der Waals surface area contributed by atoms with Gasteiger partial charge in [0.2, 0.25) is 0 Å². The molecule has 0 radical (unpaired) electrons. The van der Waals surface area contributed by atoms with Gasteiger partial charge in [-0.3, -0.25) is 4.21 Å². The number of nitrogens with zero attached hydrogens (tertiary/aromatic N) is 4. The van der Waals surface area contributed by atoms with Crippen molar-refractivity contribution in [1.82, 2.24) is 19.9 Å². The second kappa shape index (κ2) is 9.07. The summed E-state index contributed by atoms with van der Waals surface area (Å²) in [5.74, 6) is 1.46. The van der Waals surface area contributed by atoms with E-state index in [1.807, 2.05) is 23.2 Å². The van der Waals surface area contributed by atoms with Crippen LogP contribution in [0.1, 0.15) is 0 Å². The van der Waals surface area contributed by atoms with Crippen LogP contribution in [-0.4, -0.2) is 69.1 Å². The topological polar surface area (TPSA) is 110 Å². The standard InChI is InChI=1S/C16H17FN6O.C2H6OS/c17-8-10-9-24-6-5-23(10)14-7-13(18)21-16(22-14)12-2-4-20-15-11(12)1-3-19-15;1-4(2)3/h1-4,7,10H,5-6,8-9H2,(H,19,20)(H2,18,21,22);1-2H3. The van der Waals surface area contributed by atoms with Crippen molar-refractivity contribution >= 4 is 33.5 Å². The zero-order valence-electron chi connectivity index (χ0n) is 15.8. The molecular weight excluding hydrogens is 383 g/mol. The maximum Gasteiger partial charge on any atom is 0.164 e. The summed E-state index contributed by atoms with van der Waals surface area (Å²) >= 11 is 0. The van der Waals surface area contributed by atoms with Gasteiger partial charge in [-0.05, 0) is 12.1 Å². The first kappa shape index (κ1) is 20.2. The number of ether oxygens (including phenoxy) is 1. The van der Waals surface area contributed by atoms with Crippen molar-refractivity contribution in [2.75, 3.05) is 49.6 Å². The minimum Gasteiger partial charge on any atom is -0.384 e. The van der Waals surface area contributed by atoms with E-state index in [9.17, 15) is 8.60 Å². The lowest BCUT2D eigenvalue weighted by atomic mass is 10.1.